The summed E-state index contributed by atoms with van der Waals surface area (Å²) >= 11 is 14.0. The van der Waals surface area contributed by atoms with Gasteiger partial charge in [-0.15, -0.1) is 0 Å². The molecule has 5 heterocycles. The van der Waals surface area contributed by atoms with E-state index in [9.17, 15) is 14.7 Å². The number of β-amino-alcohol motifs (C(OH)–C–C–N with tert-alkyl or cyclic N) is 1. The molecule has 2 aromatic heterocycles. The summed E-state index contributed by atoms with van der Waals surface area (Å²) < 4.78 is 7.61. The molecule has 2 aromatic carbocycles. The van der Waals surface area contributed by atoms with E-state index in [0.717, 1.165) is 67.4 Å². The number of halogens is 2. The van der Waals surface area contributed by atoms with Gasteiger partial charge in [-0.05, 0) is 18.2 Å². The molecule has 0 aliphatic carbocycles. The van der Waals surface area contributed by atoms with Gasteiger partial charge in [-0.1, -0.05) is 47.5 Å². The lowest BCUT2D eigenvalue weighted by atomic mass is 9.79. The molecule has 2 fully saturated rings. The number of carbonyl (C=O) groups is 2. The molecule has 48 heavy (non-hydrogen) atoms. The van der Waals surface area contributed by atoms with Crippen molar-refractivity contribution >= 4 is 40.7 Å². The Bertz CT molecular complexity index is 1910. The second-order valence-electron chi connectivity index (χ2n) is 12.9. The summed E-state index contributed by atoms with van der Waals surface area (Å²) in [6, 6.07) is 13.2. The van der Waals surface area contributed by atoms with Gasteiger partial charge in [0.05, 0.1) is 40.8 Å². The van der Waals surface area contributed by atoms with Crippen molar-refractivity contribution in [3.05, 3.63) is 81.5 Å². The van der Waals surface area contributed by atoms with Gasteiger partial charge in [-0.25, -0.2) is 4.98 Å². The SMILES string of the molecule is COc1cc(-c2nccc(-c3cccc(NC(=O)c4nc5c(n4C)CCN(CCO)C5)c3Cl)c2Cl)ccc1CN1CC2(CNC(=O)C2)C1. The highest BCUT2D eigenvalue weighted by molar-refractivity contribution is 6.39. The number of benzene rings is 2. The Hall–Kier alpha value is -4.00. The smallest absolute Gasteiger partial charge is 0.291 e. The number of amides is 2. The molecule has 0 atom stereocenters. The van der Waals surface area contributed by atoms with E-state index in [4.69, 9.17) is 27.9 Å². The molecule has 7 rings (SSSR count). The van der Waals surface area contributed by atoms with Crippen LogP contribution in [0.4, 0.5) is 5.69 Å². The molecule has 13 heteroatoms. The number of hydrogen-bond acceptors (Lipinski definition) is 8. The molecule has 2 amide bonds. The number of carbonyl (C=O) groups excluding carboxylic acids is 2. The largest absolute Gasteiger partial charge is 0.496 e. The minimum atomic E-state index is -0.366. The van der Waals surface area contributed by atoms with Gasteiger partial charge in [0.15, 0.2) is 5.82 Å². The van der Waals surface area contributed by atoms with Crippen molar-refractivity contribution in [1.82, 2.24) is 29.7 Å². The number of nitrogens with zero attached hydrogens (tertiary/aromatic N) is 5. The highest BCUT2D eigenvalue weighted by atomic mass is 35.5. The monoisotopic (exact) mass is 689 g/mol. The zero-order valence-corrected chi connectivity index (χ0v) is 28.4. The van der Waals surface area contributed by atoms with Crippen molar-refractivity contribution in [3.8, 4) is 28.1 Å². The van der Waals surface area contributed by atoms with Crippen LogP contribution in [-0.4, -0.2) is 87.7 Å². The summed E-state index contributed by atoms with van der Waals surface area (Å²) in [5.74, 6) is 0.802. The molecule has 11 nitrogen and oxygen atoms in total. The number of nitrogens with one attached hydrogen (secondary N) is 2. The first-order valence-electron chi connectivity index (χ1n) is 16.0. The molecule has 0 radical (unpaired) electrons. The van der Waals surface area contributed by atoms with Gasteiger partial charge >= 0.3 is 0 Å². The summed E-state index contributed by atoms with van der Waals surface area (Å²) in [6.07, 6.45) is 3.03. The lowest BCUT2D eigenvalue weighted by molar-refractivity contribution is -0.120. The number of aliphatic hydroxyl groups is 1. The Kier molecular flexibility index (Phi) is 8.90. The van der Waals surface area contributed by atoms with E-state index in [1.807, 2.05) is 41.9 Å². The number of pyridine rings is 1. The first-order chi connectivity index (χ1) is 23.2. The Morgan fingerprint density at radius 3 is 2.69 bits per heavy atom. The highest BCUT2D eigenvalue weighted by Crippen LogP contribution is 2.42. The van der Waals surface area contributed by atoms with Crippen molar-refractivity contribution in [2.75, 3.05) is 51.8 Å². The Morgan fingerprint density at radius 1 is 1.12 bits per heavy atom. The van der Waals surface area contributed by atoms with Crippen LogP contribution < -0.4 is 15.4 Å². The molecule has 3 aliphatic heterocycles. The van der Waals surface area contributed by atoms with Crippen LogP contribution in [0, 0.1) is 5.41 Å². The van der Waals surface area contributed by atoms with Crippen LogP contribution in [0.3, 0.4) is 0 Å². The lowest BCUT2D eigenvalue weighted by Crippen LogP contribution is -2.56. The fourth-order valence-electron chi connectivity index (χ4n) is 7.24. The number of likely N-dealkylation sites (tertiary alicyclic amines) is 1. The average molecular weight is 691 g/mol. The standard InChI is InChI=1S/C35H37Cl2N7O4/c1-42-27-9-11-43(12-13-45)17-26(27)40-33(42)34(47)41-25-5-3-4-23(30(25)36)24-8-10-38-32(31(24)37)21-6-7-22(28(14-21)48-2)16-44-19-35(20-44)15-29(46)39-18-35/h3-8,10,14,45H,9,11-13,15-20H2,1-2H3,(H,39,46)(H,41,47). The summed E-state index contributed by atoms with van der Waals surface area (Å²) in [6.45, 7) is 5.26. The fourth-order valence-corrected chi connectivity index (χ4v) is 7.84. The number of anilines is 1. The van der Waals surface area contributed by atoms with Crippen molar-refractivity contribution in [2.45, 2.75) is 25.9 Å². The van der Waals surface area contributed by atoms with Crippen LogP contribution in [0.5, 0.6) is 5.75 Å². The van der Waals surface area contributed by atoms with Crippen molar-refractivity contribution < 1.29 is 19.4 Å². The van der Waals surface area contributed by atoms with Gasteiger partial charge in [0.1, 0.15) is 5.75 Å². The quantitative estimate of drug-likeness (QED) is 0.237. The summed E-state index contributed by atoms with van der Waals surface area (Å²) in [7, 11) is 3.49. The number of aliphatic hydroxyl groups excluding tert-OH is 1. The van der Waals surface area contributed by atoms with Gasteiger partial charge < -0.3 is 25.0 Å². The lowest BCUT2D eigenvalue weighted by Gasteiger charge is -2.47. The highest BCUT2D eigenvalue weighted by Gasteiger charge is 2.47. The Labute approximate surface area is 288 Å². The number of rotatable bonds is 9. The predicted octanol–water partition coefficient (Wildman–Crippen LogP) is 4.39. The van der Waals surface area contributed by atoms with Crippen molar-refractivity contribution in [1.29, 1.82) is 0 Å². The molecule has 250 valence electrons. The minimum absolute atomic E-state index is 0.0603. The Morgan fingerprint density at radius 2 is 1.94 bits per heavy atom. The van der Waals surface area contributed by atoms with E-state index in [2.05, 4.69) is 30.4 Å². The Balaban J connectivity index is 1.10. The van der Waals surface area contributed by atoms with Crippen molar-refractivity contribution in [2.24, 2.45) is 12.5 Å². The molecule has 3 N–H and O–H groups in total. The molecule has 4 aromatic rings. The normalized spacial score (nSPS) is 17.2. The fraction of sp³-hybridized carbons (Fsp3) is 0.371. The van der Waals surface area contributed by atoms with E-state index < -0.39 is 0 Å². The third-order valence-electron chi connectivity index (χ3n) is 9.65. The van der Waals surface area contributed by atoms with Crippen LogP contribution >= 0.6 is 23.2 Å². The molecule has 0 saturated carbocycles. The molecule has 0 unspecified atom stereocenters. The maximum absolute atomic E-state index is 13.4. The van der Waals surface area contributed by atoms with Gasteiger partial charge in [0.25, 0.3) is 5.91 Å². The van der Waals surface area contributed by atoms with Crippen LogP contribution in [-0.2, 0) is 31.4 Å². The second kappa shape index (κ2) is 13.1. The number of aromatic nitrogens is 3. The van der Waals surface area contributed by atoms with Crippen LogP contribution in [0.25, 0.3) is 22.4 Å². The van der Waals surface area contributed by atoms with Gasteiger partial charge in [-0.3, -0.25) is 24.4 Å². The third kappa shape index (κ3) is 6.05. The van der Waals surface area contributed by atoms with Crippen molar-refractivity contribution in [3.63, 3.8) is 0 Å². The summed E-state index contributed by atoms with van der Waals surface area (Å²) in [5.41, 5.74) is 6.10. The first-order valence-corrected chi connectivity index (χ1v) is 16.7. The van der Waals surface area contributed by atoms with E-state index in [1.165, 1.54) is 0 Å². The zero-order chi connectivity index (χ0) is 33.6. The minimum Gasteiger partial charge on any atom is -0.496 e. The molecular formula is C35H37Cl2N7O4. The van der Waals surface area contributed by atoms with E-state index in [-0.39, 0.29) is 23.8 Å². The summed E-state index contributed by atoms with van der Waals surface area (Å²) in [4.78, 5) is 38.9. The van der Waals surface area contributed by atoms with Gasteiger partial charge in [0, 0.05) is 105 Å². The number of ether oxygens (including phenoxy) is 1. The zero-order valence-electron chi connectivity index (χ0n) is 26.9. The molecular weight excluding hydrogens is 653 g/mol. The maximum Gasteiger partial charge on any atom is 0.291 e. The number of fused-ring (bicyclic) bond motifs is 1. The number of hydrogen-bond donors (Lipinski definition) is 3. The molecule has 3 aliphatic rings. The molecule has 1 spiro atoms. The van der Waals surface area contributed by atoms with Crippen LogP contribution in [0.1, 0.15) is 34.0 Å². The maximum atomic E-state index is 13.4. The number of imidazole rings is 1. The van der Waals surface area contributed by atoms with E-state index >= 15 is 0 Å². The predicted molar refractivity (Wildman–Crippen MR) is 184 cm³/mol. The van der Waals surface area contributed by atoms with Crippen LogP contribution in [0.2, 0.25) is 10.0 Å². The van der Waals surface area contributed by atoms with E-state index in [1.54, 1.807) is 25.4 Å². The van der Waals surface area contributed by atoms with Gasteiger partial charge in [0.2, 0.25) is 5.91 Å². The van der Waals surface area contributed by atoms with Gasteiger partial charge in [-0.2, -0.15) is 0 Å². The summed E-state index contributed by atoms with van der Waals surface area (Å²) in [5, 5.41) is 16.0. The molecule has 0 bridgehead atoms. The topological polar surface area (TPSA) is 125 Å². The van der Waals surface area contributed by atoms with E-state index in [0.29, 0.717) is 57.9 Å². The molecule has 2 saturated heterocycles. The second-order valence-corrected chi connectivity index (χ2v) is 13.7. The average Bonchev–Trinajstić information content (AvgIpc) is 3.62. The first kappa shape index (κ1) is 32.5. The third-order valence-corrected chi connectivity index (χ3v) is 10.4. The van der Waals surface area contributed by atoms with Crippen LogP contribution in [0.15, 0.2) is 48.7 Å². The number of methoxy groups -OCH3 is 1.